The number of fused-ring (bicyclic) bond motifs is 1. The zero-order valence-electron chi connectivity index (χ0n) is 7.00. The fraction of sp³-hybridized carbons (Fsp3) is 0.250. The zero-order valence-corrected chi connectivity index (χ0v) is 7.81. The molecule has 1 atom stereocenters. The summed E-state index contributed by atoms with van der Waals surface area (Å²) in [7, 11) is 1.81. The molecule has 12 heavy (non-hydrogen) atoms. The summed E-state index contributed by atoms with van der Waals surface area (Å²) in [5, 5.41) is 3.05. The van der Waals surface area contributed by atoms with Crippen molar-refractivity contribution in [2.75, 3.05) is 18.6 Å². The second-order valence-electron chi connectivity index (χ2n) is 2.56. The van der Waals surface area contributed by atoms with Crippen molar-refractivity contribution in [2.45, 2.75) is 4.90 Å². The fourth-order valence-electron chi connectivity index (χ4n) is 1.12. The quantitative estimate of drug-likeness (QED) is 0.718. The summed E-state index contributed by atoms with van der Waals surface area (Å²) in [6.45, 7) is 0. The van der Waals surface area contributed by atoms with Crippen LogP contribution in [-0.4, -0.2) is 13.3 Å². The van der Waals surface area contributed by atoms with E-state index in [-0.39, 0.29) is 10.7 Å². The Hall–Kier alpha value is -1.03. The summed E-state index contributed by atoms with van der Waals surface area (Å²) in [4.78, 5) is 6.34. The van der Waals surface area contributed by atoms with E-state index in [4.69, 9.17) is 4.84 Å². The molecular formula is C8H10N2OS. The number of nitrogens with zero attached hydrogens (tertiary/aromatic N) is 1. The third-order valence-electron chi connectivity index (χ3n) is 1.80. The van der Waals surface area contributed by atoms with Crippen molar-refractivity contribution >= 4 is 16.4 Å². The largest absolute Gasteiger partial charge is 0.388 e. The van der Waals surface area contributed by atoms with Crippen molar-refractivity contribution in [3.05, 3.63) is 18.2 Å². The summed E-state index contributed by atoms with van der Waals surface area (Å²) in [5.41, 5.74) is 1.06. The van der Waals surface area contributed by atoms with Gasteiger partial charge in [0.2, 0.25) is 0 Å². The highest BCUT2D eigenvalue weighted by atomic mass is 32.2. The van der Waals surface area contributed by atoms with Gasteiger partial charge in [0, 0.05) is 25.1 Å². The van der Waals surface area contributed by atoms with E-state index in [9.17, 15) is 0 Å². The van der Waals surface area contributed by atoms with Gasteiger partial charge in [-0.3, -0.25) is 0 Å². The normalized spacial score (nSPS) is 19.3. The first-order valence-electron chi connectivity index (χ1n) is 3.67. The Morgan fingerprint density at radius 2 is 2.33 bits per heavy atom. The molecule has 1 aliphatic heterocycles. The number of hydrogen-bond acceptors (Lipinski definition) is 3. The van der Waals surface area contributed by atoms with Gasteiger partial charge in [-0.15, -0.1) is 0 Å². The van der Waals surface area contributed by atoms with E-state index in [1.807, 2.05) is 25.4 Å². The fourth-order valence-corrected chi connectivity index (χ4v) is 2.04. The molecule has 1 N–H and O–H groups in total. The van der Waals surface area contributed by atoms with E-state index < -0.39 is 0 Å². The lowest BCUT2D eigenvalue weighted by Crippen LogP contribution is -1.89. The first-order valence-corrected chi connectivity index (χ1v) is 5.26. The summed E-state index contributed by atoms with van der Waals surface area (Å²) in [6, 6.07) is 6.06. The van der Waals surface area contributed by atoms with Crippen LogP contribution in [0.3, 0.4) is 0 Å². The Kier molecular flexibility index (Phi) is 1.77. The van der Waals surface area contributed by atoms with E-state index in [0.29, 0.717) is 0 Å². The molecule has 4 heteroatoms. The van der Waals surface area contributed by atoms with Crippen LogP contribution in [-0.2, 0) is 10.7 Å². The van der Waals surface area contributed by atoms with Crippen molar-refractivity contribution < 1.29 is 4.84 Å². The topological polar surface area (TPSA) is 33.6 Å². The molecule has 64 valence electrons. The molecule has 2 rings (SSSR count). The van der Waals surface area contributed by atoms with Gasteiger partial charge < -0.3 is 10.2 Å². The van der Waals surface area contributed by atoms with Crippen LogP contribution < -0.4 is 10.2 Å². The molecule has 0 spiro atoms. The van der Waals surface area contributed by atoms with Crippen molar-refractivity contribution in [3.63, 3.8) is 0 Å². The first kappa shape index (κ1) is 7.61. The molecule has 0 saturated carbocycles. The minimum Gasteiger partial charge on any atom is -0.388 e. The molecule has 1 aromatic rings. The third-order valence-corrected chi connectivity index (χ3v) is 3.07. The first-order chi connectivity index (χ1) is 5.81. The van der Waals surface area contributed by atoms with Gasteiger partial charge in [-0.1, -0.05) is 4.53 Å². The minimum atomic E-state index is -0.0830. The molecule has 0 radical (unpaired) electrons. The molecule has 1 unspecified atom stereocenters. The van der Waals surface area contributed by atoms with Crippen LogP contribution in [0.2, 0.25) is 0 Å². The Balaban J connectivity index is 2.46. The van der Waals surface area contributed by atoms with Gasteiger partial charge in [-0.05, 0) is 22.8 Å². The van der Waals surface area contributed by atoms with Crippen LogP contribution >= 0.6 is 0 Å². The van der Waals surface area contributed by atoms with Crippen molar-refractivity contribution in [1.29, 1.82) is 0 Å². The average molecular weight is 182 g/mol. The summed E-state index contributed by atoms with van der Waals surface area (Å²) in [6.07, 6.45) is 2.05. The number of hydrogen-bond donors (Lipinski definition) is 1. The number of nitrogens with one attached hydrogen (secondary N) is 1. The van der Waals surface area contributed by atoms with Crippen LogP contribution in [0.1, 0.15) is 0 Å². The molecule has 0 aliphatic carbocycles. The van der Waals surface area contributed by atoms with Crippen molar-refractivity contribution in [3.8, 4) is 5.75 Å². The van der Waals surface area contributed by atoms with E-state index in [1.54, 1.807) is 0 Å². The zero-order chi connectivity index (χ0) is 8.55. The monoisotopic (exact) mass is 182 g/mol. The Labute approximate surface area is 73.8 Å². The molecule has 3 nitrogen and oxygen atoms in total. The maximum Gasteiger partial charge on any atom is 0.175 e. The third kappa shape index (κ3) is 1.08. The smallest absolute Gasteiger partial charge is 0.175 e. The molecular weight excluding hydrogens is 172 g/mol. The SMILES string of the molecule is CNc1ccc2c(c1)ON=S2C. The van der Waals surface area contributed by atoms with Gasteiger partial charge in [0.1, 0.15) is 0 Å². The van der Waals surface area contributed by atoms with Gasteiger partial charge in [-0.2, -0.15) is 0 Å². The van der Waals surface area contributed by atoms with Crippen LogP contribution in [0, 0.1) is 0 Å². The highest BCUT2D eigenvalue weighted by Crippen LogP contribution is 2.30. The molecule has 1 aliphatic rings. The van der Waals surface area contributed by atoms with E-state index in [0.717, 1.165) is 11.4 Å². The molecule has 0 bridgehead atoms. The van der Waals surface area contributed by atoms with Crippen LogP contribution in [0.15, 0.2) is 27.6 Å². The Morgan fingerprint density at radius 1 is 1.50 bits per heavy atom. The lowest BCUT2D eigenvalue weighted by atomic mass is 10.3. The standard InChI is InChI=1S/C8H10N2OS/c1-9-6-3-4-8-7(5-6)11-10-12(8)2/h3-5,9H,1-2H3. The summed E-state index contributed by atoms with van der Waals surface area (Å²) < 4.78 is 3.98. The highest BCUT2D eigenvalue weighted by Gasteiger charge is 2.13. The van der Waals surface area contributed by atoms with Crippen molar-refractivity contribution in [1.82, 2.24) is 0 Å². The van der Waals surface area contributed by atoms with Crippen LogP contribution in [0.25, 0.3) is 0 Å². The van der Waals surface area contributed by atoms with Gasteiger partial charge >= 0.3 is 0 Å². The van der Waals surface area contributed by atoms with Crippen LogP contribution in [0.5, 0.6) is 5.75 Å². The Morgan fingerprint density at radius 3 is 3.08 bits per heavy atom. The molecule has 0 saturated heterocycles. The van der Waals surface area contributed by atoms with E-state index in [2.05, 4.69) is 15.9 Å². The predicted octanol–water partition coefficient (Wildman–Crippen LogP) is 1.83. The summed E-state index contributed by atoms with van der Waals surface area (Å²) >= 11 is 0. The van der Waals surface area contributed by atoms with Gasteiger partial charge in [0.15, 0.2) is 5.75 Å². The minimum absolute atomic E-state index is 0.0830. The van der Waals surface area contributed by atoms with Crippen LogP contribution in [0.4, 0.5) is 5.69 Å². The molecule has 1 heterocycles. The second kappa shape index (κ2) is 2.79. The van der Waals surface area contributed by atoms with Crippen molar-refractivity contribution in [2.24, 2.45) is 4.53 Å². The molecule has 0 amide bonds. The lowest BCUT2D eigenvalue weighted by molar-refractivity contribution is 0.353. The highest BCUT2D eigenvalue weighted by molar-refractivity contribution is 7.86. The maximum absolute atomic E-state index is 5.15. The maximum atomic E-state index is 5.15. The molecule has 1 aromatic carbocycles. The lowest BCUT2D eigenvalue weighted by Gasteiger charge is -2.01. The summed E-state index contributed by atoms with van der Waals surface area (Å²) in [5.74, 6) is 0.882. The van der Waals surface area contributed by atoms with E-state index >= 15 is 0 Å². The van der Waals surface area contributed by atoms with Gasteiger partial charge in [0.25, 0.3) is 0 Å². The number of anilines is 1. The van der Waals surface area contributed by atoms with E-state index in [1.165, 1.54) is 4.90 Å². The second-order valence-corrected chi connectivity index (χ2v) is 4.10. The van der Waals surface area contributed by atoms with Gasteiger partial charge in [0.05, 0.1) is 4.90 Å². The number of rotatable bonds is 1. The Bertz CT molecular complexity index is 349. The molecule has 0 fully saturated rings. The average Bonchev–Trinajstić information content (AvgIpc) is 2.47. The predicted molar refractivity (Wildman–Crippen MR) is 50.6 cm³/mol. The van der Waals surface area contributed by atoms with Gasteiger partial charge in [-0.25, -0.2) is 0 Å². The number of benzene rings is 1. The molecule has 0 aromatic heterocycles.